The second-order valence-electron chi connectivity index (χ2n) is 4.71. The van der Waals surface area contributed by atoms with E-state index in [9.17, 15) is 0 Å². The van der Waals surface area contributed by atoms with Crippen molar-refractivity contribution in [2.75, 3.05) is 6.54 Å². The number of hydrogen-bond donors (Lipinski definition) is 1. The first-order valence-electron chi connectivity index (χ1n) is 5.99. The minimum atomic E-state index is 0.881. The van der Waals surface area contributed by atoms with Gasteiger partial charge in [0.15, 0.2) is 0 Å². The van der Waals surface area contributed by atoms with E-state index in [-0.39, 0.29) is 0 Å². The molecule has 2 atom stereocenters. The molecule has 1 heteroatoms. The molecule has 1 saturated carbocycles. The molecule has 0 aliphatic heterocycles. The van der Waals surface area contributed by atoms with Crippen LogP contribution in [0.1, 0.15) is 52.9 Å². The molecule has 1 fully saturated rings. The monoisotopic (exact) mass is 183 g/mol. The zero-order chi connectivity index (χ0) is 9.68. The van der Waals surface area contributed by atoms with Crippen LogP contribution < -0.4 is 5.32 Å². The molecule has 1 rings (SSSR count). The van der Waals surface area contributed by atoms with Crippen molar-refractivity contribution in [2.24, 2.45) is 11.8 Å². The van der Waals surface area contributed by atoms with Crippen LogP contribution in [0.4, 0.5) is 0 Å². The van der Waals surface area contributed by atoms with Crippen molar-refractivity contribution in [1.82, 2.24) is 5.32 Å². The quantitative estimate of drug-likeness (QED) is 0.639. The highest BCUT2D eigenvalue weighted by molar-refractivity contribution is 4.81. The summed E-state index contributed by atoms with van der Waals surface area (Å²) in [4.78, 5) is 0. The molecule has 1 nitrogen and oxygen atoms in total. The highest BCUT2D eigenvalue weighted by atomic mass is 14.9. The highest BCUT2D eigenvalue weighted by Gasteiger charge is 2.21. The van der Waals surface area contributed by atoms with Gasteiger partial charge in [-0.05, 0) is 37.6 Å². The molecule has 0 radical (unpaired) electrons. The molecule has 1 aliphatic rings. The smallest absolute Gasteiger partial charge is 0.00683 e. The van der Waals surface area contributed by atoms with Crippen molar-refractivity contribution >= 4 is 0 Å². The van der Waals surface area contributed by atoms with Crippen LogP contribution in [0.15, 0.2) is 0 Å². The van der Waals surface area contributed by atoms with Gasteiger partial charge in [-0.2, -0.15) is 0 Å². The van der Waals surface area contributed by atoms with E-state index < -0.39 is 0 Å². The third-order valence-electron chi connectivity index (χ3n) is 3.28. The molecule has 0 aromatic heterocycles. The van der Waals surface area contributed by atoms with E-state index in [0.717, 1.165) is 17.9 Å². The first kappa shape index (κ1) is 11.0. The third kappa shape index (κ3) is 4.66. The van der Waals surface area contributed by atoms with E-state index in [1.54, 1.807) is 0 Å². The molecule has 0 spiro atoms. The second-order valence-corrected chi connectivity index (χ2v) is 4.71. The Bertz CT molecular complexity index is 129. The molecule has 0 aromatic carbocycles. The molecule has 1 aliphatic carbocycles. The Hall–Kier alpha value is -0.0400. The molecule has 0 aromatic rings. The molecule has 1 N–H and O–H groups in total. The van der Waals surface area contributed by atoms with Crippen LogP contribution >= 0.6 is 0 Å². The summed E-state index contributed by atoms with van der Waals surface area (Å²) in [6.45, 7) is 8.25. The topological polar surface area (TPSA) is 12.0 Å². The molecule has 0 bridgehead atoms. The fraction of sp³-hybridized carbons (Fsp3) is 1.00. The Morgan fingerprint density at radius 3 is 2.38 bits per heavy atom. The summed E-state index contributed by atoms with van der Waals surface area (Å²) in [5.74, 6) is 1.82. The average Bonchev–Trinajstić information content (AvgIpc) is 2.95. The molecule has 78 valence electrons. The summed E-state index contributed by atoms with van der Waals surface area (Å²) in [5.41, 5.74) is 0. The van der Waals surface area contributed by atoms with E-state index in [1.165, 1.54) is 38.6 Å². The van der Waals surface area contributed by atoms with Crippen molar-refractivity contribution in [2.45, 2.75) is 58.9 Å². The van der Waals surface area contributed by atoms with Crippen molar-refractivity contribution in [3.63, 3.8) is 0 Å². The molecule has 0 amide bonds. The maximum Gasteiger partial charge on any atom is 0.00683 e. The predicted molar refractivity (Wildman–Crippen MR) is 58.9 cm³/mol. The summed E-state index contributed by atoms with van der Waals surface area (Å²) >= 11 is 0. The van der Waals surface area contributed by atoms with Gasteiger partial charge in [0.1, 0.15) is 0 Å². The number of hydrogen-bond acceptors (Lipinski definition) is 1. The van der Waals surface area contributed by atoms with E-state index in [2.05, 4.69) is 26.1 Å². The molecule has 0 saturated heterocycles. The van der Waals surface area contributed by atoms with Crippen LogP contribution in [0.25, 0.3) is 0 Å². The van der Waals surface area contributed by atoms with Gasteiger partial charge in [0.25, 0.3) is 0 Å². The normalized spacial score (nSPS) is 21.5. The van der Waals surface area contributed by atoms with Gasteiger partial charge in [-0.3, -0.25) is 0 Å². The van der Waals surface area contributed by atoms with Gasteiger partial charge < -0.3 is 5.32 Å². The molecular weight excluding hydrogens is 158 g/mol. The lowest BCUT2D eigenvalue weighted by atomic mass is 9.92. The minimum Gasteiger partial charge on any atom is -0.314 e. The maximum absolute atomic E-state index is 3.64. The summed E-state index contributed by atoms with van der Waals surface area (Å²) in [7, 11) is 0. The van der Waals surface area contributed by atoms with Crippen LogP contribution in [-0.2, 0) is 0 Å². The van der Waals surface area contributed by atoms with E-state index in [4.69, 9.17) is 0 Å². The van der Waals surface area contributed by atoms with Crippen LogP contribution in [-0.4, -0.2) is 12.6 Å². The van der Waals surface area contributed by atoms with Gasteiger partial charge >= 0.3 is 0 Å². The van der Waals surface area contributed by atoms with Crippen molar-refractivity contribution < 1.29 is 0 Å². The summed E-state index contributed by atoms with van der Waals surface area (Å²) < 4.78 is 0. The SMILES string of the molecule is CCC(C)CC(CC)CNC1CC1. The van der Waals surface area contributed by atoms with Crippen molar-refractivity contribution in [1.29, 1.82) is 0 Å². The Balaban J connectivity index is 2.08. The van der Waals surface area contributed by atoms with Crippen LogP contribution in [0.5, 0.6) is 0 Å². The summed E-state index contributed by atoms with van der Waals surface area (Å²) in [5, 5.41) is 3.64. The van der Waals surface area contributed by atoms with Crippen LogP contribution in [0.2, 0.25) is 0 Å². The van der Waals surface area contributed by atoms with Crippen molar-refractivity contribution in [3.05, 3.63) is 0 Å². The van der Waals surface area contributed by atoms with E-state index in [1.807, 2.05) is 0 Å². The average molecular weight is 183 g/mol. The third-order valence-corrected chi connectivity index (χ3v) is 3.28. The zero-order valence-corrected chi connectivity index (χ0v) is 9.47. The van der Waals surface area contributed by atoms with Crippen LogP contribution in [0.3, 0.4) is 0 Å². The Kier molecular flexibility index (Phi) is 4.79. The molecular formula is C12H25N. The van der Waals surface area contributed by atoms with Gasteiger partial charge in [0, 0.05) is 6.04 Å². The fourth-order valence-corrected chi connectivity index (χ4v) is 1.75. The van der Waals surface area contributed by atoms with Gasteiger partial charge in [0.2, 0.25) is 0 Å². The maximum atomic E-state index is 3.64. The molecule has 13 heavy (non-hydrogen) atoms. The molecule has 2 unspecified atom stereocenters. The predicted octanol–water partition coefficient (Wildman–Crippen LogP) is 3.20. The number of nitrogens with one attached hydrogen (secondary N) is 1. The van der Waals surface area contributed by atoms with Gasteiger partial charge in [0.05, 0.1) is 0 Å². The Morgan fingerprint density at radius 1 is 1.23 bits per heavy atom. The fourth-order valence-electron chi connectivity index (χ4n) is 1.75. The lowest BCUT2D eigenvalue weighted by molar-refractivity contribution is 0.356. The number of rotatable bonds is 7. The standard InChI is InChI=1S/C12H25N/c1-4-10(3)8-11(5-2)9-13-12-6-7-12/h10-13H,4-9H2,1-3H3. The summed E-state index contributed by atoms with van der Waals surface area (Å²) in [6.07, 6.45) is 6.91. The highest BCUT2D eigenvalue weighted by Crippen LogP contribution is 2.21. The minimum absolute atomic E-state index is 0.881. The lowest BCUT2D eigenvalue weighted by Gasteiger charge is -2.19. The van der Waals surface area contributed by atoms with Crippen molar-refractivity contribution in [3.8, 4) is 0 Å². The van der Waals surface area contributed by atoms with E-state index in [0.29, 0.717) is 0 Å². The van der Waals surface area contributed by atoms with Gasteiger partial charge in [-0.15, -0.1) is 0 Å². The Morgan fingerprint density at radius 2 is 1.92 bits per heavy atom. The summed E-state index contributed by atoms with van der Waals surface area (Å²) in [6, 6.07) is 0.881. The Labute approximate surface area is 83.3 Å². The van der Waals surface area contributed by atoms with Crippen LogP contribution in [0, 0.1) is 11.8 Å². The first-order chi connectivity index (χ1) is 6.26. The molecule has 0 heterocycles. The van der Waals surface area contributed by atoms with Gasteiger partial charge in [-0.1, -0.05) is 33.6 Å². The zero-order valence-electron chi connectivity index (χ0n) is 9.47. The second kappa shape index (κ2) is 5.64. The van der Waals surface area contributed by atoms with E-state index >= 15 is 0 Å². The first-order valence-corrected chi connectivity index (χ1v) is 5.99. The van der Waals surface area contributed by atoms with Gasteiger partial charge in [-0.25, -0.2) is 0 Å². The lowest BCUT2D eigenvalue weighted by Crippen LogP contribution is -2.25. The largest absolute Gasteiger partial charge is 0.314 e.